The quantitative estimate of drug-likeness (QED) is 0.824. The molecule has 114 valence electrons. The molecule has 0 N–H and O–H groups in total. The number of rotatable bonds is 5. The molecule has 0 amide bonds. The van der Waals surface area contributed by atoms with E-state index in [-0.39, 0.29) is 5.56 Å². The summed E-state index contributed by atoms with van der Waals surface area (Å²) in [5.74, 6) is 0. The molecule has 0 bridgehead atoms. The van der Waals surface area contributed by atoms with Gasteiger partial charge in [-0.2, -0.15) is 10.2 Å². The van der Waals surface area contributed by atoms with Gasteiger partial charge in [-0.15, -0.1) is 0 Å². The fraction of sp³-hybridized carbons (Fsp3) is 0.500. The zero-order valence-corrected chi connectivity index (χ0v) is 14.4. The van der Waals surface area contributed by atoms with Gasteiger partial charge in [-0.05, 0) is 36.7 Å². The molecule has 0 aromatic carbocycles. The van der Waals surface area contributed by atoms with Crippen LogP contribution in [0.25, 0.3) is 0 Å². The molecule has 0 aliphatic heterocycles. The third kappa shape index (κ3) is 3.18. The van der Waals surface area contributed by atoms with E-state index >= 15 is 0 Å². The van der Waals surface area contributed by atoms with Crippen LogP contribution in [-0.4, -0.2) is 32.7 Å². The second-order valence-electron chi connectivity index (χ2n) is 4.85. The molecule has 0 fully saturated rings. The van der Waals surface area contributed by atoms with Gasteiger partial charge in [0, 0.05) is 26.2 Å². The lowest BCUT2D eigenvalue weighted by molar-refractivity contribution is 0.588. The topological polar surface area (TPSA) is 56.0 Å². The van der Waals surface area contributed by atoms with E-state index in [0.29, 0.717) is 6.54 Å². The average Bonchev–Trinajstić information content (AvgIpc) is 2.69. The summed E-state index contributed by atoms with van der Waals surface area (Å²) in [7, 11) is 1.86. The minimum atomic E-state index is -0.106. The molecular formula is C14H20BrN5O. The summed E-state index contributed by atoms with van der Waals surface area (Å²) in [6.45, 7) is 8.15. The highest BCUT2D eigenvalue weighted by Crippen LogP contribution is 2.20. The highest BCUT2D eigenvalue weighted by molar-refractivity contribution is 9.10. The van der Waals surface area contributed by atoms with Gasteiger partial charge in [-0.1, -0.05) is 0 Å². The third-order valence-corrected chi connectivity index (χ3v) is 4.58. The highest BCUT2D eigenvalue weighted by atomic mass is 79.9. The second kappa shape index (κ2) is 6.43. The van der Waals surface area contributed by atoms with E-state index in [9.17, 15) is 4.79 Å². The smallest absolute Gasteiger partial charge is 0.269 e. The largest absolute Gasteiger partial charge is 0.371 e. The molecule has 0 aliphatic carbocycles. The van der Waals surface area contributed by atoms with Crippen molar-refractivity contribution in [2.45, 2.75) is 27.3 Å². The summed E-state index contributed by atoms with van der Waals surface area (Å²) >= 11 is 3.51. The van der Waals surface area contributed by atoms with E-state index in [2.05, 4.69) is 44.9 Å². The summed E-state index contributed by atoms with van der Waals surface area (Å²) in [5, 5.41) is 8.61. The number of hydrogen-bond acceptors (Lipinski definition) is 4. The van der Waals surface area contributed by atoms with Crippen molar-refractivity contribution in [3.05, 3.63) is 38.5 Å². The predicted octanol–water partition coefficient (Wildman–Crippen LogP) is 1.94. The zero-order chi connectivity index (χ0) is 15.6. The summed E-state index contributed by atoms with van der Waals surface area (Å²) in [6, 6.07) is 1.64. The molecule has 2 aromatic heterocycles. The van der Waals surface area contributed by atoms with Crippen LogP contribution in [0, 0.1) is 6.92 Å². The molecular weight excluding hydrogens is 334 g/mol. The normalized spacial score (nSPS) is 10.9. The van der Waals surface area contributed by atoms with Crippen LogP contribution in [0.1, 0.15) is 25.2 Å². The van der Waals surface area contributed by atoms with Crippen molar-refractivity contribution in [1.29, 1.82) is 0 Å². The van der Waals surface area contributed by atoms with Crippen molar-refractivity contribution in [1.82, 2.24) is 19.6 Å². The van der Waals surface area contributed by atoms with Gasteiger partial charge in [-0.25, -0.2) is 4.68 Å². The molecule has 0 radical (unpaired) electrons. The lowest BCUT2D eigenvalue weighted by atomic mass is 10.3. The van der Waals surface area contributed by atoms with Gasteiger partial charge in [-0.3, -0.25) is 9.48 Å². The Morgan fingerprint density at radius 2 is 2.00 bits per heavy atom. The molecule has 0 saturated heterocycles. The second-order valence-corrected chi connectivity index (χ2v) is 5.64. The van der Waals surface area contributed by atoms with E-state index in [1.807, 2.05) is 14.0 Å². The Morgan fingerprint density at radius 3 is 2.48 bits per heavy atom. The summed E-state index contributed by atoms with van der Waals surface area (Å²) < 4.78 is 4.14. The van der Waals surface area contributed by atoms with Gasteiger partial charge >= 0.3 is 0 Å². The van der Waals surface area contributed by atoms with E-state index in [1.165, 1.54) is 4.68 Å². The van der Waals surface area contributed by atoms with Crippen LogP contribution in [0.5, 0.6) is 0 Å². The maximum Gasteiger partial charge on any atom is 0.269 e. The SMILES string of the molecule is CCN(CC)c1cnn(Cc2c(Br)c(C)nn2C)c(=O)c1. The Balaban J connectivity index is 2.32. The number of aromatic nitrogens is 4. The lowest BCUT2D eigenvalue weighted by Crippen LogP contribution is -2.28. The molecule has 0 spiro atoms. The molecule has 0 unspecified atom stereocenters. The summed E-state index contributed by atoms with van der Waals surface area (Å²) in [4.78, 5) is 14.3. The Morgan fingerprint density at radius 1 is 1.33 bits per heavy atom. The molecule has 2 heterocycles. The third-order valence-electron chi connectivity index (χ3n) is 3.54. The molecule has 2 aromatic rings. The number of nitrogens with zero attached hydrogens (tertiary/aromatic N) is 5. The first-order valence-electron chi connectivity index (χ1n) is 6.98. The molecule has 6 nitrogen and oxygen atoms in total. The molecule has 0 aliphatic rings. The number of aryl methyl sites for hydroxylation is 2. The monoisotopic (exact) mass is 353 g/mol. The number of hydrogen-bond donors (Lipinski definition) is 0. The minimum absolute atomic E-state index is 0.106. The Labute approximate surface area is 132 Å². The molecule has 0 saturated carbocycles. The lowest BCUT2D eigenvalue weighted by Gasteiger charge is -2.20. The minimum Gasteiger partial charge on any atom is -0.371 e. The number of halogens is 1. The molecule has 2 rings (SSSR count). The molecule has 0 atom stereocenters. The first-order valence-corrected chi connectivity index (χ1v) is 7.77. The summed E-state index contributed by atoms with van der Waals surface area (Å²) in [5.41, 5.74) is 2.59. The number of anilines is 1. The molecule has 7 heteroatoms. The average molecular weight is 354 g/mol. The van der Waals surface area contributed by atoms with E-state index < -0.39 is 0 Å². The van der Waals surface area contributed by atoms with Crippen LogP contribution in [0.4, 0.5) is 5.69 Å². The zero-order valence-electron chi connectivity index (χ0n) is 12.8. The van der Waals surface area contributed by atoms with E-state index in [1.54, 1.807) is 16.9 Å². The van der Waals surface area contributed by atoms with Crippen molar-refractivity contribution in [2.75, 3.05) is 18.0 Å². The standard InChI is InChI=1S/C14H20BrN5O/c1-5-19(6-2)11-7-13(21)20(16-8-11)9-12-14(15)10(3)17-18(12)4/h7-8H,5-6,9H2,1-4H3. The van der Waals surface area contributed by atoms with Crippen molar-refractivity contribution in [3.8, 4) is 0 Å². The summed E-state index contributed by atoms with van der Waals surface area (Å²) in [6.07, 6.45) is 1.74. The Bertz CT molecular complexity index is 687. The van der Waals surface area contributed by atoms with Crippen LogP contribution in [-0.2, 0) is 13.6 Å². The van der Waals surface area contributed by atoms with Gasteiger partial charge in [0.05, 0.1) is 34.3 Å². The van der Waals surface area contributed by atoms with Crippen LogP contribution < -0.4 is 10.5 Å². The first kappa shape index (κ1) is 15.8. The van der Waals surface area contributed by atoms with E-state index in [4.69, 9.17) is 0 Å². The van der Waals surface area contributed by atoms with Crippen molar-refractivity contribution < 1.29 is 0 Å². The van der Waals surface area contributed by atoms with Gasteiger partial charge in [0.25, 0.3) is 5.56 Å². The highest BCUT2D eigenvalue weighted by Gasteiger charge is 2.13. The Kier molecular flexibility index (Phi) is 4.82. The van der Waals surface area contributed by atoms with Crippen LogP contribution >= 0.6 is 15.9 Å². The van der Waals surface area contributed by atoms with E-state index in [0.717, 1.165) is 34.6 Å². The van der Waals surface area contributed by atoms with Crippen LogP contribution in [0.3, 0.4) is 0 Å². The maximum atomic E-state index is 12.2. The van der Waals surface area contributed by atoms with Crippen LogP contribution in [0.2, 0.25) is 0 Å². The van der Waals surface area contributed by atoms with Crippen molar-refractivity contribution >= 4 is 21.6 Å². The van der Waals surface area contributed by atoms with Crippen molar-refractivity contribution in [3.63, 3.8) is 0 Å². The first-order chi connectivity index (χ1) is 9.97. The Hall–Kier alpha value is -1.63. The van der Waals surface area contributed by atoms with Gasteiger partial charge in [0.2, 0.25) is 0 Å². The van der Waals surface area contributed by atoms with Gasteiger partial charge in [0.15, 0.2) is 0 Å². The fourth-order valence-electron chi connectivity index (χ4n) is 2.30. The molecule has 21 heavy (non-hydrogen) atoms. The maximum absolute atomic E-state index is 12.2. The predicted molar refractivity (Wildman–Crippen MR) is 86.8 cm³/mol. The fourth-order valence-corrected chi connectivity index (χ4v) is 2.76. The van der Waals surface area contributed by atoms with Gasteiger partial charge < -0.3 is 4.90 Å². The van der Waals surface area contributed by atoms with Gasteiger partial charge in [0.1, 0.15) is 0 Å². The van der Waals surface area contributed by atoms with Crippen molar-refractivity contribution in [2.24, 2.45) is 7.05 Å². The van der Waals surface area contributed by atoms with Crippen LogP contribution in [0.15, 0.2) is 21.5 Å².